The molecule has 0 saturated heterocycles. The smallest absolute Gasteiger partial charge is 0.103 e. The number of hydrogen-bond acceptors (Lipinski definition) is 4. The number of halogens is 1. The Morgan fingerprint density at radius 3 is 2.76 bits per heavy atom. The molecule has 3 rings (SSSR count). The fraction of sp³-hybridized carbons (Fsp3) is 0.438. The van der Waals surface area contributed by atoms with E-state index in [1.165, 1.54) is 33.3 Å². The van der Waals surface area contributed by atoms with E-state index in [-0.39, 0.29) is 0 Å². The zero-order valence-electron chi connectivity index (χ0n) is 12.1. The van der Waals surface area contributed by atoms with Crippen LogP contribution < -0.4 is 5.32 Å². The summed E-state index contributed by atoms with van der Waals surface area (Å²) in [5, 5.41) is 4.84. The number of aryl methyl sites for hydroxylation is 1. The fourth-order valence-corrected chi connectivity index (χ4v) is 4.38. The van der Waals surface area contributed by atoms with Crippen molar-refractivity contribution < 1.29 is 0 Å². The molecule has 1 heterocycles. The highest BCUT2D eigenvalue weighted by atomic mass is 79.9. The third-order valence-electron chi connectivity index (χ3n) is 3.46. The van der Waals surface area contributed by atoms with Crippen molar-refractivity contribution in [2.75, 3.05) is 0 Å². The van der Waals surface area contributed by atoms with E-state index < -0.39 is 0 Å². The summed E-state index contributed by atoms with van der Waals surface area (Å²) in [5.74, 6) is 0.961. The predicted octanol–water partition coefficient (Wildman–Crippen LogP) is 5.01. The van der Waals surface area contributed by atoms with E-state index in [0.29, 0.717) is 0 Å². The van der Waals surface area contributed by atoms with Crippen LogP contribution >= 0.6 is 39.0 Å². The lowest BCUT2D eigenvalue weighted by atomic mass is 10.3. The summed E-state index contributed by atoms with van der Waals surface area (Å²) < 4.78 is 1.13. The van der Waals surface area contributed by atoms with Gasteiger partial charge in [0, 0.05) is 26.8 Å². The lowest BCUT2D eigenvalue weighted by molar-refractivity contribution is 0.689. The Morgan fingerprint density at radius 1 is 1.33 bits per heavy atom. The van der Waals surface area contributed by atoms with Crippen LogP contribution in [0, 0.1) is 0 Å². The van der Waals surface area contributed by atoms with Gasteiger partial charge in [-0.3, -0.25) is 0 Å². The van der Waals surface area contributed by atoms with Gasteiger partial charge in [0.1, 0.15) is 5.01 Å². The predicted molar refractivity (Wildman–Crippen MR) is 95.1 cm³/mol. The van der Waals surface area contributed by atoms with Crippen molar-refractivity contribution in [3.63, 3.8) is 0 Å². The van der Waals surface area contributed by atoms with Crippen LogP contribution in [0.1, 0.15) is 35.3 Å². The molecule has 0 amide bonds. The molecule has 1 aromatic heterocycles. The zero-order chi connectivity index (χ0) is 14.7. The number of nitrogens with zero attached hydrogens (tertiary/aromatic N) is 1. The Kier molecular flexibility index (Phi) is 5.38. The standard InChI is InChI=1S/C16H19BrN2S2/c1-2-14-15(9-18-12-5-6-12)21-16(19-14)10-20-13-7-3-11(17)4-8-13/h3-4,7-8,12,18H,2,5-6,9-10H2,1H3. The first-order chi connectivity index (χ1) is 10.2. The molecule has 0 atom stereocenters. The number of aromatic nitrogens is 1. The van der Waals surface area contributed by atoms with Crippen molar-refractivity contribution in [2.24, 2.45) is 0 Å². The van der Waals surface area contributed by atoms with Gasteiger partial charge in [-0.25, -0.2) is 4.98 Å². The number of hydrogen-bond donors (Lipinski definition) is 1. The second-order valence-electron chi connectivity index (χ2n) is 5.23. The summed E-state index contributed by atoms with van der Waals surface area (Å²) in [5.41, 5.74) is 1.28. The van der Waals surface area contributed by atoms with Gasteiger partial charge in [-0.05, 0) is 43.5 Å². The Morgan fingerprint density at radius 2 is 2.10 bits per heavy atom. The van der Waals surface area contributed by atoms with Gasteiger partial charge in [0.05, 0.1) is 11.4 Å². The van der Waals surface area contributed by atoms with E-state index in [1.807, 2.05) is 23.1 Å². The molecule has 5 heteroatoms. The lowest BCUT2D eigenvalue weighted by Gasteiger charge is -2.00. The van der Waals surface area contributed by atoms with Crippen LogP contribution in [0.15, 0.2) is 33.6 Å². The minimum atomic E-state index is 0.761. The Bertz CT molecular complexity index is 591. The van der Waals surface area contributed by atoms with E-state index >= 15 is 0 Å². The van der Waals surface area contributed by atoms with E-state index in [0.717, 1.165) is 29.2 Å². The second kappa shape index (κ2) is 7.27. The normalized spacial score (nSPS) is 14.6. The van der Waals surface area contributed by atoms with Crippen LogP contribution in [0.25, 0.3) is 0 Å². The maximum atomic E-state index is 4.81. The molecule has 2 nitrogen and oxygen atoms in total. The number of thioether (sulfide) groups is 1. The molecule has 0 unspecified atom stereocenters. The highest BCUT2D eigenvalue weighted by Crippen LogP contribution is 2.29. The number of rotatable bonds is 7. The molecule has 0 aliphatic heterocycles. The van der Waals surface area contributed by atoms with Gasteiger partial charge < -0.3 is 5.32 Å². The first-order valence-corrected chi connectivity index (χ1v) is 9.93. The molecule has 0 radical (unpaired) electrons. The van der Waals surface area contributed by atoms with Crippen molar-refractivity contribution in [3.05, 3.63) is 44.3 Å². The molecule has 0 spiro atoms. The summed E-state index contributed by atoms with van der Waals surface area (Å²) in [6.45, 7) is 3.19. The Balaban J connectivity index is 1.60. The molecule has 1 N–H and O–H groups in total. The van der Waals surface area contributed by atoms with Crippen LogP contribution in [0.5, 0.6) is 0 Å². The minimum absolute atomic E-state index is 0.761. The first kappa shape index (κ1) is 15.5. The average molecular weight is 383 g/mol. The van der Waals surface area contributed by atoms with Gasteiger partial charge in [0.15, 0.2) is 0 Å². The first-order valence-electron chi connectivity index (χ1n) is 7.34. The van der Waals surface area contributed by atoms with Crippen molar-refractivity contribution in [1.82, 2.24) is 10.3 Å². The van der Waals surface area contributed by atoms with Gasteiger partial charge in [-0.1, -0.05) is 22.9 Å². The molecule has 2 aromatic rings. The molecule has 1 fully saturated rings. The molecule has 1 aliphatic carbocycles. The quantitative estimate of drug-likeness (QED) is 0.680. The second-order valence-corrected chi connectivity index (χ2v) is 8.36. The number of benzene rings is 1. The maximum Gasteiger partial charge on any atom is 0.103 e. The monoisotopic (exact) mass is 382 g/mol. The fourth-order valence-electron chi connectivity index (χ4n) is 2.11. The Hall–Kier alpha value is -0.360. The highest BCUT2D eigenvalue weighted by Gasteiger charge is 2.21. The summed E-state index contributed by atoms with van der Waals surface area (Å²) in [7, 11) is 0. The van der Waals surface area contributed by atoms with Gasteiger partial charge in [-0.15, -0.1) is 23.1 Å². The third kappa shape index (κ3) is 4.55. The summed E-state index contributed by atoms with van der Waals surface area (Å²) in [6, 6.07) is 9.24. The van der Waals surface area contributed by atoms with E-state index in [9.17, 15) is 0 Å². The van der Waals surface area contributed by atoms with Gasteiger partial charge >= 0.3 is 0 Å². The number of nitrogens with one attached hydrogen (secondary N) is 1. The third-order valence-corrected chi connectivity index (χ3v) is 6.29. The van der Waals surface area contributed by atoms with Gasteiger partial charge in [-0.2, -0.15) is 0 Å². The topological polar surface area (TPSA) is 24.9 Å². The van der Waals surface area contributed by atoms with Crippen molar-refractivity contribution in [3.8, 4) is 0 Å². The molecule has 1 aliphatic rings. The number of thiazole rings is 1. The molecule has 1 saturated carbocycles. The van der Waals surface area contributed by atoms with E-state index in [1.54, 1.807) is 0 Å². The van der Waals surface area contributed by atoms with Crippen LogP contribution in [0.2, 0.25) is 0 Å². The molecular formula is C16H19BrN2S2. The maximum absolute atomic E-state index is 4.81. The van der Waals surface area contributed by atoms with Crippen molar-refractivity contribution >= 4 is 39.0 Å². The van der Waals surface area contributed by atoms with Gasteiger partial charge in [0.25, 0.3) is 0 Å². The van der Waals surface area contributed by atoms with E-state index in [2.05, 4.69) is 52.4 Å². The Labute approximate surface area is 142 Å². The van der Waals surface area contributed by atoms with Crippen LogP contribution in [0.4, 0.5) is 0 Å². The molecule has 21 heavy (non-hydrogen) atoms. The largest absolute Gasteiger partial charge is 0.309 e. The van der Waals surface area contributed by atoms with E-state index in [4.69, 9.17) is 4.98 Å². The lowest BCUT2D eigenvalue weighted by Crippen LogP contribution is -2.15. The summed E-state index contributed by atoms with van der Waals surface area (Å²) in [6.07, 6.45) is 3.71. The molecular weight excluding hydrogens is 364 g/mol. The summed E-state index contributed by atoms with van der Waals surface area (Å²) in [4.78, 5) is 7.53. The van der Waals surface area contributed by atoms with Crippen LogP contribution in [0.3, 0.4) is 0 Å². The molecule has 1 aromatic carbocycles. The SMILES string of the molecule is CCc1nc(CSc2ccc(Br)cc2)sc1CNC1CC1. The van der Waals surface area contributed by atoms with Crippen molar-refractivity contribution in [2.45, 2.75) is 49.4 Å². The summed E-state index contributed by atoms with van der Waals surface area (Å²) >= 11 is 7.20. The highest BCUT2D eigenvalue weighted by molar-refractivity contribution is 9.10. The van der Waals surface area contributed by atoms with Crippen LogP contribution in [-0.4, -0.2) is 11.0 Å². The van der Waals surface area contributed by atoms with Crippen molar-refractivity contribution in [1.29, 1.82) is 0 Å². The van der Waals surface area contributed by atoms with Gasteiger partial charge in [0.2, 0.25) is 0 Å². The van der Waals surface area contributed by atoms with Crippen LogP contribution in [-0.2, 0) is 18.7 Å². The molecule has 0 bridgehead atoms. The average Bonchev–Trinajstić information content (AvgIpc) is 3.24. The minimum Gasteiger partial charge on any atom is -0.309 e. The zero-order valence-corrected chi connectivity index (χ0v) is 15.3. The molecule has 112 valence electrons.